The minimum atomic E-state index is -1.14. The highest BCUT2D eigenvalue weighted by Gasteiger charge is 2.50. The highest BCUT2D eigenvalue weighted by Crippen LogP contribution is 2.41. The molecule has 0 spiro atoms. The molecule has 2 aliphatic heterocycles. The molecule has 0 radical (unpaired) electrons. The van der Waals surface area contributed by atoms with Crippen LogP contribution in [0.25, 0.3) is 0 Å². The van der Waals surface area contributed by atoms with Crippen LogP contribution in [0.5, 0.6) is 11.5 Å². The van der Waals surface area contributed by atoms with Gasteiger partial charge in [-0.1, -0.05) is 38.1 Å². The molecule has 7 atom stereocenters. The van der Waals surface area contributed by atoms with E-state index in [2.05, 4.69) is 27.0 Å². The van der Waals surface area contributed by atoms with Crippen molar-refractivity contribution < 1.29 is 38.6 Å². The third-order valence-corrected chi connectivity index (χ3v) is 6.11. The first-order valence-electron chi connectivity index (χ1n) is 12.9. The van der Waals surface area contributed by atoms with E-state index in [0.29, 0.717) is 13.2 Å². The fourth-order valence-corrected chi connectivity index (χ4v) is 4.25. The van der Waals surface area contributed by atoms with Gasteiger partial charge in [0.1, 0.15) is 35.9 Å². The first-order valence-corrected chi connectivity index (χ1v) is 12.9. The minimum absolute atomic E-state index is 0.346. The summed E-state index contributed by atoms with van der Waals surface area (Å²) in [7, 11) is 0. The predicted molar refractivity (Wildman–Crippen MR) is 139 cm³/mol. The van der Waals surface area contributed by atoms with Crippen LogP contribution >= 0.6 is 0 Å². The molecule has 2 aliphatic rings. The number of aliphatic hydroxyl groups excluding tert-OH is 2. The second-order valence-electron chi connectivity index (χ2n) is 8.89. The van der Waals surface area contributed by atoms with Crippen molar-refractivity contribution in [2.45, 2.75) is 76.7 Å². The lowest BCUT2D eigenvalue weighted by atomic mass is 9.96. The van der Waals surface area contributed by atoms with Gasteiger partial charge in [-0.05, 0) is 44.0 Å². The first kappa shape index (κ1) is 29.1. The van der Waals surface area contributed by atoms with Crippen molar-refractivity contribution >= 4 is 0 Å². The summed E-state index contributed by atoms with van der Waals surface area (Å²) >= 11 is 0. The normalized spacial score (nSPS) is 27.8. The van der Waals surface area contributed by atoms with Gasteiger partial charge in [-0.2, -0.15) is 0 Å². The van der Waals surface area contributed by atoms with Gasteiger partial charge < -0.3 is 38.6 Å². The molecule has 4 rings (SSSR count). The van der Waals surface area contributed by atoms with Crippen molar-refractivity contribution in [3.05, 3.63) is 72.8 Å². The van der Waals surface area contributed by atoms with Crippen LogP contribution < -0.4 is 9.47 Å². The van der Waals surface area contributed by atoms with Crippen LogP contribution in [0, 0.1) is 0 Å². The monoisotopic (exact) mass is 516 g/mol. The smallest absolute Gasteiger partial charge is 0.184 e. The van der Waals surface area contributed by atoms with Crippen LogP contribution in [-0.2, 0) is 18.9 Å². The Hall–Kier alpha value is -2.46. The van der Waals surface area contributed by atoms with Crippen LogP contribution in [-0.4, -0.2) is 60.6 Å². The molecular weight excluding hydrogens is 476 g/mol. The van der Waals surface area contributed by atoms with E-state index >= 15 is 0 Å². The molecule has 2 aromatic rings. The fraction of sp³-hybridized carbons (Fsp3) is 0.517. The van der Waals surface area contributed by atoms with Gasteiger partial charge in [-0.25, -0.2) is 0 Å². The minimum Gasteiger partial charge on any atom is -0.494 e. The molecule has 8 heteroatoms. The molecule has 2 N–H and O–H groups in total. The summed E-state index contributed by atoms with van der Waals surface area (Å²) in [6.07, 6.45) is -2.98. The third-order valence-electron chi connectivity index (χ3n) is 6.11. The maximum atomic E-state index is 10.6. The Balaban J connectivity index is 0.00000186. The van der Waals surface area contributed by atoms with E-state index in [4.69, 9.17) is 28.4 Å². The van der Waals surface area contributed by atoms with Crippen LogP contribution in [0.15, 0.2) is 61.7 Å². The Morgan fingerprint density at radius 2 is 1.22 bits per heavy atom. The molecule has 2 saturated heterocycles. The number of rotatable bonds is 10. The van der Waals surface area contributed by atoms with Crippen molar-refractivity contribution in [1.29, 1.82) is 0 Å². The van der Waals surface area contributed by atoms with Gasteiger partial charge in [-0.3, -0.25) is 0 Å². The lowest BCUT2D eigenvalue weighted by Crippen LogP contribution is -2.60. The van der Waals surface area contributed by atoms with E-state index in [1.165, 1.54) is 0 Å². The number of ether oxygens (including phenoxy) is 6. The highest BCUT2D eigenvalue weighted by atomic mass is 16.8. The van der Waals surface area contributed by atoms with E-state index in [-0.39, 0.29) is 6.10 Å². The summed E-state index contributed by atoms with van der Waals surface area (Å²) < 4.78 is 36.1. The Kier molecular flexibility index (Phi) is 11.4. The Morgan fingerprint density at radius 1 is 0.757 bits per heavy atom. The SMILES string of the molecule is C=C.CCCOc1ccc(C2OC(C(O)CO)C3OC(c4ccc(OCCC)cc4)OC(C)C3O2)cc1. The summed E-state index contributed by atoms with van der Waals surface area (Å²) in [6.45, 7) is 12.9. The zero-order chi connectivity index (χ0) is 26.8. The molecule has 2 fully saturated rings. The molecular formula is C29H40O8. The zero-order valence-electron chi connectivity index (χ0n) is 22.0. The van der Waals surface area contributed by atoms with Crippen LogP contribution in [0.3, 0.4) is 0 Å². The van der Waals surface area contributed by atoms with Gasteiger partial charge in [0.15, 0.2) is 12.6 Å². The van der Waals surface area contributed by atoms with Gasteiger partial charge in [0.05, 0.1) is 25.9 Å². The van der Waals surface area contributed by atoms with Crippen molar-refractivity contribution in [2.75, 3.05) is 19.8 Å². The topological polar surface area (TPSA) is 95.8 Å². The molecule has 8 nitrogen and oxygen atoms in total. The number of aliphatic hydroxyl groups is 2. The summed E-state index contributed by atoms with van der Waals surface area (Å²) in [5.41, 5.74) is 1.60. The van der Waals surface area contributed by atoms with Crippen LogP contribution in [0.1, 0.15) is 57.3 Å². The van der Waals surface area contributed by atoms with E-state index in [1.54, 1.807) is 0 Å². The first-order chi connectivity index (χ1) is 18.0. The zero-order valence-corrected chi connectivity index (χ0v) is 22.0. The highest BCUT2D eigenvalue weighted by molar-refractivity contribution is 5.29. The van der Waals surface area contributed by atoms with Gasteiger partial charge in [-0.15, -0.1) is 13.2 Å². The van der Waals surface area contributed by atoms with Crippen molar-refractivity contribution in [2.24, 2.45) is 0 Å². The van der Waals surface area contributed by atoms with Gasteiger partial charge in [0, 0.05) is 11.1 Å². The van der Waals surface area contributed by atoms with Crippen LogP contribution in [0.4, 0.5) is 0 Å². The van der Waals surface area contributed by atoms with Crippen LogP contribution in [0.2, 0.25) is 0 Å². The van der Waals surface area contributed by atoms with Crippen molar-refractivity contribution in [3.63, 3.8) is 0 Å². The Labute approximate surface area is 219 Å². The molecule has 2 heterocycles. The van der Waals surface area contributed by atoms with Gasteiger partial charge >= 0.3 is 0 Å². The molecule has 7 unspecified atom stereocenters. The average Bonchev–Trinajstić information content (AvgIpc) is 2.95. The molecule has 0 bridgehead atoms. The van der Waals surface area contributed by atoms with E-state index in [1.807, 2.05) is 55.5 Å². The maximum Gasteiger partial charge on any atom is 0.184 e. The third kappa shape index (κ3) is 7.31. The molecule has 0 saturated carbocycles. The standard InChI is InChI=1S/C27H36O8.C2H4/c1-4-14-30-20-10-6-18(7-11-20)26-32-17(3)23-25(35-26)24(22(29)16-28)34-27(33-23)19-8-12-21(13-9-19)31-15-5-2;1-2/h6-13,17,22-29H,4-5,14-16H2,1-3H3;1-2H2. The Bertz CT molecular complexity index is 919. The molecule has 0 aliphatic carbocycles. The van der Waals surface area contributed by atoms with Crippen molar-refractivity contribution in [3.8, 4) is 11.5 Å². The predicted octanol–water partition coefficient (Wildman–Crippen LogP) is 4.70. The molecule has 0 amide bonds. The molecule has 2 aromatic carbocycles. The lowest BCUT2D eigenvalue weighted by molar-refractivity contribution is -0.388. The fourth-order valence-electron chi connectivity index (χ4n) is 4.25. The van der Waals surface area contributed by atoms with Gasteiger partial charge in [0.2, 0.25) is 0 Å². The van der Waals surface area contributed by atoms with E-state index in [0.717, 1.165) is 35.5 Å². The number of hydrogen-bond donors (Lipinski definition) is 2. The number of fused-ring (bicyclic) bond motifs is 1. The summed E-state index contributed by atoms with van der Waals surface area (Å²) in [5.74, 6) is 1.55. The maximum absolute atomic E-state index is 10.6. The van der Waals surface area contributed by atoms with Crippen molar-refractivity contribution in [1.82, 2.24) is 0 Å². The van der Waals surface area contributed by atoms with Gasteiger partial charge in [0.25, 0.3) is 0 Å². The second-order valence-corrected chi connectivity index (χ2v) is 8.89. The molecule has 37 heavy (non-hydrogen) atoms. The number of hydrogen-bond acceptors (Lipinski definition) is 8. The molecule has 0 aromatic heterocycles. The summed E-state index contributed by atoms with van der Waals surface area (Å²) in [5, 5.41) is 20.3. The van der Waals surface area contributed by atoms with E-state index in [9.17, 15) is 10.2 Å². The molecule has 204 valence electrons. The number of benzene rings is 2. The lowest BCUT2D eigenvalue weighted by Gasteiger charge is -2.49. The summed E-state index contributed by atoms with van der Waals surface area (Å²) in [6, 6.07) is 15.0. The second kappa shape index (κ2) is 14.5. The average molecular weight is 517 g/mol. The quantitative estimate of drug-likeness (QED) is 0.439. The largest absolute Gasteiger partial charge is 0.494 e. The van der Waals surface area contributed by atoms with E-state index < -0.39 is 43.6 Å². The Morgan fingerprint density at radius 3 is 1.68 bits per heavy atom. The summed E-state index contributed by atoms with van der Waals surface area (Å²) in [4.78, 5) is 0.